The van der Waals surface area contributed by atoms with E-state index in [1.54, 1.807) is 6.92 Å². The highest BCUT2D eigenvalue weighted by atomic mass is 32.1. The number of carboxylic acids is 1. The first-order valence-electron chi connectivity index (χ1n) is 9.52. The maximum atomic E-state index is 11.5. The molecular formula is C19H28N4O3S. The number of nitrogen functional groups attached to an aromatic ring is 1. The Kier molecular flexibility index (Phi) is 6.18. The van der Waals surface area contributed by atoms with Gasteiger partial charge in [0.25, 0.3) is 0 Å². The highest BCUT2D eigenvalue weighted by Crippen LogP contribution is 2.37. The zero-order valence-electron chi connectivity index (χ0n) is 15.9. The average Bonchev–Trinajstić information content (AvgIpc) is 2.98. The van der Waals surface area contributed by atoms with Crippen molar-refractivity contribution >= 4 is 39.0 Å². The summed E-state index contributed by atoms with van der Waals surface area (Å²) in [5.41, 5.74) is 7.54. The topological polar surface area (TPSA) is 112 Å². The van der Waals surface area contributed by atoms with Gasteiger partial charge in [-0.2, -0.15) is 0 Å². The van der Waals surface area contributed by atoms with Crippen LogP contribution in [0.1, 0.15) is 48.3 Å². The summed E-state index contributed by atoms with van der Waals surface area (Å²) in [6, 6.07) is 2.48. The van der Waals surface area contributed by atoms with Gasteiger partial charge in [0, 0.05) is 31.1 Å². The van der Waals surface area contributed by atoms with Crippen LogP contribution >= 0.6 is 11.3 Å². The smallest absolute Gasteiger partial charge is 0.348 e. The summed E-state index contributed by atoms with van der Waals surface area (Å²) in [4.78, 5) is 19.3. The minimum absolute atomic E-state index is 0.174. The number of nitrogens with one attached hydrogen (secondary N) is 1. The zero-order valence-corrected chi connectivity index (χ0v) is 16.7. The van der Waals surface area contributed by atoms with E-state index in [0.717, 1.165) is 66.9 Å². The number of hydrogen-bond donors (Lipinski definition) is 4. The second kappa shape index (κ2) is 8.41. The number of carboxylic acid groups (broad SMARTS) is 1. The third-order valence-electron chi connectivity index (χ3n) is 5.00. The Morgan fingerprint density at radius 3 is 2.78 bits per heavy atom. The van der Waals surface area contributed by atoms with E-state index >= 15 is 0 Å². The first-order valence-corrected chi connectivity index (χ1v) is 10.3. The van der Waals surface area contributed by atoms with Gasteiger partial charge in [0.05, 0.1) is 11.8 Å². The molecule has 1 atom stereocenters. The van der Waals surface area contributed by atoms with Crippen LogP contribution in [0.25, 0.3) is 10.2 Å². The normalized spacial score (nSPS) is 16.8. The highest BCUT2D eigenvalue weighted by Gasteiger charge is 2.24. The van der Waals surface area contributed by atoms with Crippen LogP contribution in [0.3, 0.4) is 0 Å². The van der Waals surface area contributed by atoms with Crippen LogP contribution in [0.15, 0.2) is 6.07 Å². The lowest BCUT2D eigenvalue weighted by Gasteiger charge is -2.33. The first kappa shape index (κ1) is 19.9. The number of nitrogens with zero attached hydrogens (tertiary/aromatic N) is 2. The summed E-state index contributed by atoms with van der Waals surface area (Å²) in [5, 5.41) is 23.0. The molecule has 7 nitrogen and oxygen atoms in total. The monoisotopic (exact) mass is 392 g/mol. The van der Waals surface area contributed by atoms with Crippen LogP contribution in [-0.4, -0.2) is 52.9 Å². The van der Waals surface area contributed by atoms with Crippen molar-refractivity contribution in [3.8, 4) is 0 Å². The van der Waals surface area contributed by atoms with Crippen molar-refractivity contribution < 1.29 is 15.0 Å². The Morgan fingerprint density at radius 2 is 2.19 bits per heavy atom. The lowest BCUT2D eigenvalue weighted by molar-refractivity contribution is 0.0703. The molecule has 3 heterocycles. The fourth-order valence-corrected chi connectivity index (χ4v) is 4.60. The van der Waals surface area contributed by atoms with Crippen molar-refractivity contribution in [2.45, 2.75) is 51.7 Å². The van der Waals surface area contributed by atoms with E-state index in [0.29, 0.717) is 23.1 Å². The van der Waals surface area contributed by atoms with Crippen LogP contribution < -0.4 is 16.0 Å². The summed E-state index contributed by atoms with van der Waals surface area (Å²) in [6.45, 7) is 6.27. The summed E-state index contributed by atoms with van der Waals surface area (Å²) in [7, 11) is 0. The molecule has 1 saturated heterocycles. The van der Waals surface area contributed by atoms with Crippen molar-refractivity contribution in [2.24, 2.45) is 0 Å². The molecule has 27 heavy (non-hydrogen) atoms. The molecule has 0 bridgehead atoms. The van der Waals surface area contributed by atoms with Crippen LogP contribution in [-0.2, 0) is 6.42 Å². The van der Waals surface area contributed by atoms with E-state index in [1.807, 2.05) is 0 Å². The number of aromatic carboxylic acids is 1. The van der Waals surface area contributed by atoms with E-state index in [4.69, 9.17) is 10.7 Å². The van der Waals surface area contributed by atoms with Gasteiger partial charge in [0.1, 0.15) is 15.5 Å². The highest BCUT2D eigenvalue weighted by molar-refractivity contribution is 7.21. The number of fused-ring (bicyclic) bond motifs is 1. The van der Waals surface area contributed by atoms with Gasteiger partial charge in [-0.3, -0.25) is 0 Å². The Bertz CT molecular complexity index is 813. The molecule has 2 aromatic heterocycles. The van der Waals surface area contributed by atoms with Gasteiger partial charge in [0.2, 0.25) is 0 Å². The quantitative estimate of drug-likeness (QED) is 0.573. The number of pyridine rings is 1. The Balaban J connectivity index is 1.84. The molecule has 1 aliphatic rings. The number of anilines is 2. The molecule has 2 aromatic rings. The first-order chi connectivity index (χ1) is 12.9. The number of nitrogens with two attached hydrogens (primary N) is 1. The lowest BCUT2D eigenvalue weighted by Crippen LogP contribution is -2.44. The second-order valence-corrected chi connectivity index (χ2v) is 8.24. The number of aliphatic hydroxyl groups excluding tert-OH is 1. The molecule has 0 spiro atoms. The molecule has 0 radical (unpaired) electrons. The van der Waals surface area contributed by atoms with Gasteiger partial charge in [0.15, 0.2) is 0 Å². The molecule has 1 aliphatic heterocycles. The zero-order chi connectivity index (χ0) is 19.6. The van der Waals surface area contributed by atoms with Crippen LogP contribution in [0, 0.1) is 0 Å². The number of thiophene rings is 1. The fourth-order valence-electron chi connectivity index (χ4n) is 3.62. The average molecular weight is 393 g/mol. The molecule has 0 saturated carbocycles. The van der Waals surface area contributed by atoms with E-state index in [1.165, 1.54) is 0 Å². The van der Waals surface area contributed by atoms with Crippen LogP contribution in [0.2, 0.25) is 0 Å². The van der Waals surface area contributed by atoms with Gasteiger partial charge >= 0.3 is 5.97 Å². The third kappa shape index (κ3) is 4.34. The van der Waals surface area contributed by atoms with E-state index in [2.05, 4.69) is 23.2 Å². The van der Waals surface area contributed by atoms with E-state index in [9.17, 15) is 15.0 Å². The standard InChI is InChI=1S/C19H28N4O3S/c1-3-4-12-9-14(22-18-15(12)16(20)17(27-18)19(25)26)23-7-5-13(6-8-23)21-10-11(2)24/h9,11,13,21,24H,3-8,10,20H2,1-2H3,(H,25,26)/t11-/m0/s1. The van der Waals surface area contributed by atoms with Crippen LogP contribution in [0.5, 0.6) is 0 Å². The fraction of sp³-hybridized carbons (Fsp3) is 0.579. The van der Waals surface area contributed by atoms with Crippen molar-refractivity contribution in [2.75, 3.05) is 30.3 Å². The van der Waals surface area contributed by atoms with Crippen molar-refractivity contribution in [3.63, 3.8) is 0 Å². The maximum absolute atomic E-state index is 11.5. The Hall–Kier alpha value is -1.90. The largest absolute Gasteiger partial charge is 0.477 e. The maximum Gasteiger partial charge on any atom is 0.348 e. The third-order valence-corrected chi connectivity index (χ3v) is 6.09. The summed E-state index contributed by atoms with van der Waals surface area (Å²) in [5.74, 6) is -0.0948. The molecule has 0 amide bonds. The predicted octanol–water partition coefficient (Wildman–Crippen LogP) is 2.47. The van der Waals surface area contributed by atoms with Gasteiger partial charge in [-0.25, -0.2) is 9.78 Å². The second-order valence-electron chi connectivity index (χ2n) is 7.24. The number of carbonyl (C=O) groups is 1. The van der Waals surface area contributed by atoms with E-state index in [-0.39, 0.29) is 11.0 Å². The molecule has 1 fully saturated rings. The number of aliphatic hydroxyl groups is 1. The molecule has 5 N–H and O–H groups in total. The number of aromatic nitrogens is 1. The summed E-state index contributed by atoms with van der Waals surface area (Å²) >= 11 is 1.16. The van der Waals surface area contributed by atoms with Crippen molar-refractivity contribution in [1.82, 2.24) is 10.3 Å². The predicted molar refractivity (Wildman–Crippen MR) is 110 cm³/mol. The summed E-state index contributed by atoms with van der Waals surface area (Å²) in [6.07, 6.45) is 3.45. The van der Waals surface area contributed by atoms with Crippen molar-refractivity contribution in [1.29, 1.82) is 0 Å². The molecule has 148 valence electrons. The number of rotatable bonds is 7. The van der Waals surface area contributed by atoms with Gasteiger partial charge in [-0.05, 0) is 37.8 Å². The molecule has 0 aromatic carbocycles. The summed E-state index contributed by atoms with van der Waals surface area (Å²) < 4.78 is 0. The SMILES string of the molecule is CCCc1cc(N2CCC(NC[C@H](C)O)CC2)nc2sc(C(=O)O)c(N)c12. The molecule has 0 aliphatic carbocycles. The Morgan fingerprint density at radius 1 is 1.48 bits per heavy atom. The van der Waals surface area contributed by atoms with Crippen LogP contribution in [0.4, 0.5) is 11.5 Å². The number of hydrogen-bond acceptors (Lipinski definition) is 7. The Labute approximate surface area is 163 Å². The van der Waals surface area contributed by atoms with Gasteiger partial charge in [-0.1, -0.05) is 13.3 Å². The molecule has 8 heteroatoms. The lowest BCUT2D eigenvalue weighted by atomic mass is 10.0. The molecule has 3 rings (SSSR count). The molecule has 0 unspecified atom stereocenters. The van der Waals surface area contributed by atoms with Crippen molar-refractivity contribution in [3.05, 3.63) is 16.5 Å². The minimum Gasteiger partial charge on any atom is -0.477 e. The van der Waals surface area contributed by atoms with E-state index < -0.39 is 5.97 Å². The molecular weight excluding hydrogens is 364 g/mol. The minimum atomic E-state index is -0.996. The van der Waals surface area contributed by atoms with Gasteiger partial charge in [-0.15, -0.1) is 11.3 Å². The number of piperidine rings is 1. The van der Waals surface area contributed by atoms with Gasteiger partial charge < -0.3 is 26.2 Å². The number of aryl methyl sites for hydroxylation is 1.